The molecule has 1 N–H and O–H groups in total. The highest BCUT2D eigenvalue weighted by Gasteiger charge is 2.37. The molecule has 0 saturated carbocycles. The van der Waals surface area contributed by atoms with Crippen molar-refractivity contribution in [3.05, 3.63) is 71.3 Å². The molecule has 1 aliphatic rings. The fourth-order valence-corrected chi connectivity index (χ4v) is 3.73. The Labute approximate surface area is 134 Å². The highest BCUT2D eigenvalue weighted by Crippen LogP contribution is 2.40. The lowest BCUT2D eigenvalue weighted by Gasteiger charge is -2.40. The van der Waals surface area contributed by atoms with Crippen molar-refractivity contribution in [3.8, 4) is 0 Å². The highest BCUT2D eigenvalue weighted by atomic mass is 15.0. The second kappa shape index (κ2) is 6.64. The molecule has 3 rings (SSSR count). The molecule has 0 radical (unpaired) electrons. The summed E-state index contributed by atoms with van der Waals surface area (Å²) in [7, 11) is 4.31. The van der Waals surface area contributed by atoms with Gasteiger partial charge in [0.2, 0.25) is 0 Å². The van der Waals surface area contributed by atoms with Gasteiger partial charge in [-0.2, -0.15) is 0 Å². The van der Waals surface area contributed by atoms with Crippen molar-refractivity contribution in [1.29, 1.82) is 0 Å². The maximum Gasteiger partial charge on any atom is 0.0331 e. The third kappa shape index (κ3) is 2.94. The van der Waals surface area contributed by atoms with Crippen molar-refractivity contribution in [2.75, 3.05) is 27.2 Å². The van der Waals surface area contributed by atoms with Gasteiger partial charge in [0.25, 0.3) is 0 Å². The van der Waals surface area contributed by atoms with Gasteiger partial charge in [0.05, 0.1) is 0 Å². The Bertz CT molecular complexity index is 606. The summed E-state index contributed by atoms with van der Waals surface area (Å²) in [5.41, 5.74) is 4.50. The van der Waals surface area contributed by atoms with E-state index in [4.69, 9.17) is 0 Å². The predicted octanol–water partition coefficient (Wildman–Crippen LogP) is 3.42. The van der Waals surface area contributed by atoms with Crippen LogP contribution in [0.25, 0.3) is 0 Å². The summed E-state index contributed by atoms with van der Waals surface area (Å²) in [4.78, 5) is 2.28. The van der Waals surface area contributed by atoms with Crippen molar-refractivity contribution in [2.24, 2.45) is 0 Å². The van der Waals surface area contributed by atoms with Crippen molar-refractivity contribution in [2.45, 2.75) is 24.8 Å². The van der Waals surface area contributed by atoms with E-state index in [1.165, 1.54) is 29.5 Å². The van der Waals surface area contributed by atoms with Gasteiger partial charge in [0, 0.05) is 18.5 Å². The zero-order chi connectivity index (χ0) is 15.4. The summed E-state index contributed by atoms with van der Waals surface area (Å²) in [6.07, 6.45) is 2.39. The van der Waals surface area contributed by atoms with Crippen LogP contribution in [0.2, 0.25) is 0 Å². The Kier molecular flexibility index (Phi) is 4.60. The molecule has 116 valence electrons. The van der Waals surface area contributed by atoms with Crippen LogP contribution in [0.3, 0.4) is 0 Å². The minimum absolute atomic E-state index is 0.103. The smallest absolute Gasteiger partial charge is 0.0331 e. The molecule has 0 aromatic heterocycles. The number of nitrogens with zero attached hydrogens (tertiary/aromatic N) is 1. The monoisotopic (exact) mass is 294 g/mol. The van der Waals surface area contributed by atoms with E-state index >= 15 is 0 Å². The summed E-state index contributed by atoms with van der Waals surface area (Å²) >= 11 is 0. The van der Waals surface area contributed by atoms with Crippen LogP contribution in [0.1, 0.15) is 29.5 Å². The molecule has 0 amide bonds. The van der Waals surface area contributed by atoms with Gasteiger partial charge >= 0.3 is 0 Å². The molecule has 2 aromatic carbocycles. The first-order valence-corrected chi connectivity index (χ1v) is 8.22. The zero-order valence-corrected chi connectivity index (χ0v) is 13.7. The molecule has 2 nitrogen and oxygen atoms in total. The number of rotatable bonds is 5. The summed E-state index contributed by atoms with van der Waals surface area (Å²) in [6.45, 7) is 3.15. The average molecular weight is 294 g/mol. The van der Waals surface area contributed by atoms with E-state index in [-0.39, 0.29) is 5.41 Å². The third-order valence-electron chi connectivity index (χ3n) is 4.81. The van der Waals surface area contributed by atoms with Crippen LogP contribution in [0, 0.1) is 0 Å². The first-order chi connectivity index (χ1) is 10.7. The minimum Gasteiger partial charge on any atom is -0.311 e. The largest absolute Gasteiger partial charge is 0.311 e. The normalized spacial score (nSPS) is 20.9. The van der Waals surface area contributed by atoms with Crippen LogP contribution in [0.15, 0.2) is 54.6 Å². The van der Waals surface area contributed by atoms with E-state index < -0.39 is 0 Å². The number of hydrogen-bond donors (Lipinski definition) is 1. The number of nitrogens with one attached hydrogen (secondary N) is 1. The molecule has 1 atom stereocenters. The second-order valence-corrected chi connectivity index (χ2v) is 6.62. The lowest BCUT2D eigenvalue weighted by Crippen LogP contribution is -2.44. The Morgan fingerprint density at radius 2 is 1.73 bits per heavy atom. The Balaban J connectivity index is 2.01. The molecular weight excluding hydrogens is 268 g/mol. The topological polar surface area (TPSA) is 15.3 Å². The summed E-state index contributed by atoms with van der Waals surface area (Å²) in [5, 5.41) is 3.65. The van der Waals surface area contributed by atoms with Gasteiger partial charge < -0.3 is 10.2 Å². The molecule has 0 bridgehead atoms. The fraction of sp³-hybridized carbons (Fsp3) is 0.400. The van der Waals surface area contributed by atoms with Gasteiger partial charge in [-0.1, -0.05) is 54.6 Å². The first-order valence-electron chi connectivity index (χ1n) is 8.22. The fourth-order valence-electron chi connectivity index (χ4n) is 3.73. The van der Waals surface area contributed by atoms with E-state index in [1.54, 1.807) is 0 Å². The molecule has 1 aliphatic heterocycles. The predicted molar refractivity (Wildman–Crippen MR) is 93.2 cm³/mol. The van der Waals surface area contributed by atoms with E-state index in [2.05, 4.69) is 78.9 Å². The van der Waals surface area contributed by atoms with E-state index in [0.29, 0.717) is 0 Å². The van der Waals surface area contributed by atoms with E-state index in [9.17, 15) is 0 Å². The van der Waals surface area contributed by atoms with Crippen LogP contribution < -0.4 is 5.32 Å². The molecule has 0 aliphatic carbocycles. The van der Waals surface area contributed by atoms with E-state index in [0.717, 1.165) is 19.6 Å². The summed E-state index contributed by atoms with van der Waals surface area (Å²) in [6, 6.07) is 20.0. The van der Waals surface area contributed by atoms with Crippen LogP contribution in [-0.4, -0.2) is 32.1 Å². The molecule has 0 fully saturated rings. The molecule has 2 aromatic rings. The Morgan fingerprint density at radius 1 is 1.00 bits per heavy atom. The Morgan fingerprint density at radius 3 is 2.50 bits per heavy atom. The van der Waals surface area contributed by atoms with E-state index in [1.807, 2.05) is 0 Å². The van der Waals surface area contributed by atoms with Crippen LogP contribution in [-0.2, 0) is 12.0 Å². The summed E-state index contributed by atoms with van der Waals surface area (Å²) < 4.78 is 0. The Hall–Kier alpha value is -1.64. The quantitative estimate of drug-likeness (QED) is 0.909. The highest BCUT2D eigenvalue weighted by molar-refractivity contribution is 5.46. The number of hydrogen-bond acceptors (Lipinski definition) is 2. The van der Waals surface area contributed by atoms with Crippen LogP contribution >= 0.6 is 0 Å². The molecule has 0 spiro atoms. The molecule has 1 heterocycles. The maximum absolute atomic E-state index is 3.65. The maximum atomic E-state index is 3.65. The molecule has 1 unspecified atom stereocenters. The SMILES string of the molecule is CN(C)CCCC1(c2ccccc2)CNCc2ccccc21. The molecular formula is C20H26N2. The molecule has 22 heavy (non-hydrogen) atoms. The van der Waals surface area contributed by atoms with Crippen molar-refractivity contribution < 1.29 is 0 Å². The van der Waals surface area contributed by atoms with Gasteiger partial charge in [0.1, 0.15) is 0 Å². The van der Waals surface area contributed by atoms with Crippen molar-refractivity contribution >= 4 is 0 Å². The lowest BCUT2D eigenvalue weighted by atomic mass is 9.68. The standard InChI is InChI=1S/C20H26N2/c1-22(2)14-8-13-20(18-10-4-3-5-11-18)16-21-15-17-9-6-7-12-19(17)20/h3-7,9-12,21H,8,13-16H2,1-2H3. The van der Waals surface area contributed by atoms with Crippen LogP contribution in [0.4, 0.5) is 0 Å². The molecule has 0 saturated heterocycles. The molecule has 2 heteroatoms. The van der Waals surface area contributed by atoms with Gasteiger partial charge in [-0.05, 0) is 50.2 Å². The third-order valence-corrected chi connectivity index (χ3v) is 4.81. The first kappa shape index (κ1) is 15.3. The van der Waals surface area contributed by atoms with Crippen molar-refractivity contribution in [1.82, 2.24) is 10.2 Å². The number of benzene rings is 2. The summed E-state index contributed by atoms with van der Waals surface area (Å²) in [5.74, 6) is 0. The minimum atomic E-state index is 0.103. The number of fused-ring (bicyclic) bond motifs is 1. The average Bonchev–Trinajstić information content (AvgIpc) is 2.55. The van der Waals surface area contributed by atoms with Gasteiger partial charge in [0.15, 0.2) is 0 Å². The van der Waals surface area contributed by atoms with Crippen molar-refractivity contribution in [3.63, 3.8) is 0 Å². The zero-order valence-electron chi connectivity index (χ0n) is 13.7. The van der Waals surface area contributed by atoms with Crippen LogP contribution in [0.5, 0.6) is 0 Å². The van der Waals surface area contributed by atoms with Gasteiger partial charge in [-0.25, -0.2) is 0 Å². The van der Waals surface area contributed by atoms with Gasteiger partial charge in [-0.3, -0.25) is 0 Å². The van der Waals surface area contributed by atoms with Gasteiger partial charge in [-0.15, -0.1) is 0 Å². The lowest BCUT2D eigenvalue weighted by molar-refractivity contribution is 0.341. The second-order valence-electron chi connectivity index (χ2n) is 6.62.